The molecule has 1 aromatic heterocycles. The summed E-state index contributed by atoms with van der Waals surface area (Å²) in [5, 5.41) is 7.01. The highest BCUT2D eigenvalue weighted by Crippen LogP contribution is 2.34. The first kappa shape index (κ1) is 19.9. The molecule has 0 aliphatic carbocycles. The van der Waals surface area contributed by atoms with Gasteiger partial charge in [0.05, 0.1) is 12.3 Å². The highest BCUT2D eigenvalue weighted by Gasteiger charge is 2.19. The van der Waals surface area contributed by atoms with Gasteiger partial charge in [-0.2, -0.15) is 5.10 Å². The van der Waals surface area contributed by atoms with Crippen molar-refractivity contribution in [2.45, 2.75) is 19.8 Å². The minimum atomic E-state index is 0.694. The number of ether oxygens (including phenoxy) is 1. The number of nitrogens with zero attached hydrogens (tertiary/aromatic N) is 3. The molecule has 3 aromatic carbocycles. The number of unbranched alkanes of at least 4 members (excludes halogenated alkanes) is 1. The summed E-state index contributed by atoms with van der Waals surface area (Å²) in [5.41, 5.74) is 7.87. The van der Waals surface area contributed by atoms with Crippen LogP contribution in [0.2, 0.25) is 0 Å². The van der Waals surface area contributed by atoms with E-state index >= 15 is 0 Å². The van der Waals surface area contributed by atoms with Crippen LogP contribution in [-0.2, 0) is 0 Å². The van der Waals surface area contributed by atoms with E-state index in [4.69, 9.17) is 14.8 Å². The predicted octanol–water partition coefficient (Wildman–Crippen LogP) is 5.85. The zero-order valence-electron chi connectivity index (χ0n) is 18.0. The van der Waals surface area contributed by atoms with Crippen molar-refractivity contribution in [3.8, 4) is 5.75 Å². The lowest BCUT2D eigenvalue weighted by Gasteiger charge is -2.11. The molecule has 1 aliphatic heterocycles. The summed E-state index contributed by atoms with van der Waals surface area (Å²) in [4.78, 5) is 9.14. The van der Waals surface area contributed by atoms with Crippen molar-refractivity contribution in [2.75, 3.05) is 6.61 Å². The standard InChI is InChI=1S/C27H24N4O/c1-2-3-18-32-22-11-8-20(9-12-22)25-24-13-10-19-6-4-5-7-23(19)26(24)29-27(31-30-25)21-14-16-28-17-15-21/h4-17H,2-3,18H2,1H3,(H,29,31). The fourth-order valence-corrected chi connectivity index (χ4v) is 3.77. The van der Waals surface area contributed by atoms with Crippen molar-refractivity contribution in [1.29, 1.82) is 0 Å². The maximum absolute atomic E-state index is 5.83. The molecular formula is C27H24N4O. The zero-order chi connectivity index (χ0) is 21.8. The molecule has 1 N–H and O–H groups in total. The van der Waals surface area contributed by atoms with Gasteiger partial charge in [0, 0.05) is 34.5 Å². The molecule has 158 valence electrons. The normalized spacial score (nSPS) is 12.9. The first-order valence-corrected chi connectivity index (χ1v) is 10.9. The fraction of sp³-hybridized carbons (Fsp3) is 0.148. The lowest BCUT2D eigenvalue weighted by Crippen LogP contribution is -2.19. The molecule has 0 bridgehead atoms. The van der Waals surface area contributed by atoms with Gasteiger partial charge < -0.3 is 4.74 Å². The molecule has 0 amide bonds. The van der Waals surface area contributed by atoms with Crippen molar-refractivity contribution in [2.24, 2.45) is 10.1 Å². The van der Waals surface area contributed by atoms with E-state index in [1.807, 2.05) is 36.4 Å². The minimum Gasteiger partial charge on any atom is -0.494 e. The smallest absolute Gasteiger partial charge is 0.154 e. The number of nitrogens with one attached hydrogen (secondary N) is 1. The topological polar surface area (TPSA) is 58.9 Å². The summed E-state index contributed by atoms with van der Waals surface area (Å²) in [5.74, 6) is 1.57. The highest BCUT2D eigenvalue weighted by atomic mass is 16.5. The molecular weight excluding hydrogens is 396 g/mol. The predicted molar refractivity (Wildman–Crippen MR) is 130 cm³/mol. The van der Waals surface area contributed by atoms with Crippen LogP contribution >= 0.6 is 0 Å². The van der Waals surface area contributed by atoms with Crippen LogP contribution in [0.4, 0.5) is 5.69 Å². The number of aliphatic imine (C=N–C) groups is 1. The first-order chi connectivity index (χ1) is 15.8. The Morgan fingerprint density at radius 1 is 0.844 bits per heavy atom. The largest absolute Gasteiger partial charge is 0.494 e. The van der Waals surface area contributed by atoms with E-state index in [1.165, 1.54) is 0 Å². The van der Waals surface area contributed by atoms with Crippen molar-refractivity contribution < 1.29 is 4.74 Å². The van der Waals surface area contributed by atoms with Crippen LogP contribution in [0.25, 0.3) is 10.8 Å². The van der Waals surface area contributed by atoms with E-state index in [-0.39, 0.29) is 0 Å². The van der Waals surface area contributed by atoms with Gasteiger partial charge in [0.2, 0.25) is 0 Å². The molecule has 0 saturated heterocycles. The Bertz CT molecular complexity index is 1290. The fourth-order valence-electron chi connectivity index (χ4n) is 3.77. The van der Waals surface area contributed by atoms with E-state index in [1.54, 1.807) is 12.4 Å². The van der Waals surface area contributed by atoms with E-state index in [2.05, 4.69) is 53.7 Å². The summed E-state index contributed by atoms with van der Waals surface area (Å²) in [6.45, 7) is 2.89. The first-order valence-electron chi connectivity index (χ1n) is 10.9. The van der Waals surface area contributed by atoms with Crippen molar-refractivity contribution >= 4 is 28.0 Å². The number of hydrogen-bond donors (Lipinski definition) is 1. The van der Waals surface area contributed by atoms with E-state index in [0.717, 1.165) is 64.1 Å². The van der Waals surface area contributed by atoms with E-state index in [9.17, 15) is 0 Å². The molecule has 32 heavy (non-hydrogen) atoms. The van der Waals surface area contributed by atoms with Crippen molar-refractivity contribution in [3.05, 3.63) is 102 Å². The molecule has 0 fully saturated rings. The van der Waals surface area contributed by atoms with Gasteiger partial charge in [0.15, 0.2) is 5.84 Å². The summed E-state index contributed by atoms with van der Waals surface area (Å²) < 4.78 is 5.83. The Kier molecular flexibility index (Phi) is 5.62. The zero-order valence-corrected chi connectivity index (χ0v) is 18.0. The Labute approximate surface area is 187 Å². The number of benzene rings is 3. The summed E-state index contributed by atoms with van der Waals surface area (Å²) >= 11 is 0. The Morgan fingerprint density at radius 2 is 1.66 bits per heavy atom. The number of hydrazone groups is 1. The lowest BCUT2D eigenvalue weighted by atomic mass is 9.97. The molecule has 4 aromatic rings. The second-order valence-corrected chi connectivity index (χ2v) is 7.68. The molecule has 0 unspecified atom stereocenters. The number of amidine groups is 1. The van der Waals surface area contributed by atoms with Crippen molar-refractivity contribution in [1.82, 2.24) is 10.4 Å². The van der Waals surface area contributed by atoms with Gasteiger partial charge in [0.1, 0.15) is 11.5 Å². The van der Waals surface area contributed by atoms with Gasteiger partial charge in [-0.15, -0.1) is 0 Å². The van der Waals surface area contributed by atoms with Gasteiger partial charge in [0.25, 0.3) is 0 Å². The van der Waals surface area contributed by atoms with Gasteiger partial charge in [-0.1, -0.05) is 43.7 Å². The van der Waals surface area contributed by atoms with Crippen LogP contribution in [0.15, 0.2) is 95.3 Å². The maximum Gasteiger partial charge on any atom is 0.154 e. The average Bonchev–Trinajstić information content (AvgIpc) is 3.05. The number of fused-ring (bicyclic) bond motifs is 3. The van der Waals surface area contributed by atoms with Crippen LogP contribution in [0, 0.1) is 0 Å². The third-order valence-corrected chi connectivity index (χ3v) is 5.50. The van der Waals surface area contributed by atoms with Gasteiger partial charge >= 0.3 is 0 Å². The molecule has 0 spiro atoms. The van der Waals surface area contributed by atoms with Crippen LogP contribution < -0.4 is 10.2 Å². The third kappa shape index (κ3) is 3.97. The molecule has 1 aliphatic rings. The third-order valence-electron chi connectivity index (χ3n) is 5.50. The molecule has 5 rings (SSSR count). The van der Waals surface area contributed by atoms with Crippen molar-refractivity contribution in [3.63, 3.8) is 0 Å². The van der Waals surface area contributed by atoms with Crippen LogP contribution in [0.5, 0.6) is 5.75 Å². The van der Waals surface area contributed by atoms with Crippen LogP contribution in [0.3, 0.4) is 0 Å². The molecule has 0 saturated carbocycles. The van der Waals surface area contributed by atoms with Crippen LogP contribution in [0.1, 0.15) is 36.5 Å². The Morgan fingerprint density at radius 3 is 2.47 bits per heavy atom. The van der Waals surface area contributed by atoms with Gasteiger partial charge in [-0.25, -0.2) is 4.99 Å². The molecule has 0 radical (unpaired) electrons. The van der Waals surface area contributed by atoms with E-state index < -0.39 is 0 Å². The number of pyridine rings is 1. The second kappa shape index (κ2) is 9.02. The lowest BCUT2D eigenvalue weighted by molar-refractivity contribution is 0.309. The average molecular weight is 421 g/mol. The number of hydrogen-bond acceptors (Lipinski definition) is 5. The maximum atomic E-state index is 5.83. The Hall–Kier alpha value is -3.99. The molecule has 5 heteroatoms. The Balaban J connectivity index is 1.60. The quantitative estimate of drug-likeness (QED) is 0.398. The summed E-state index contributed by atoms with van der Waals surface area (Å²) in [6, 6.07) is 24.5. The van der Waals surface area contributed by atoms with Gasteiger partial charge in [-0.3, -0.25) is 10.4 Å². The molecule has 0 atom stereocenters. The minimum absolute atomic E-state index is 0.694. The van der Waals surface area contributed by atoms with E-state index in [0.29, 0.717) is 5.84 Å². The SMILES string of the molecule is CCCCOc1ccc(C2=NNC(c3ccncc3)=Nc3c2ccc2ccccc32)cc1. The molecule has 5 nitrogen and oxygen atoms in total. The molecule has 2 heterocycles. The highest BCUT2D eigenvalue weighted by molar-refractivity contribution is 6.21. The summed E-state index contributed by atoms with van der Waals surface area (Å²) in [6.07, 6.45) is 5.69. The summed E-state index contributed by atoms with van der Waals surface area (Å²) in [7, 11) is 0. The van der Waals surface area contributed by atoms with Gasteiger partial charge in [-0.05, 0) is 54.3 Å². The van der Waals surface area contributed by atoms with Crippen LogP contribution in [-0.4, -0.2) is 23.1 Å². The monoisotopic (exact) mass is 420 g/mol. The number of aromatic nitrogens is 1. The second-order valence-electron chi connectivity index (χ2n) is 7.68. The number of rotatable bonds is 6.